The summed E-state index contributed by atoms with van der Waals surface area (Å²) in [5.74, 6) is -0.0773. The van der Waals surface area contributed by atoms with Crippen LogP contribution in [0.25, 0.3) is 11.5 Å². The zero-order chi connectivity index (χ0) is 49.0. The van der Waals surface area contributed by atoms with Crippen LogP contribution in [0.1, 0.15) is 133 Å². The third-order valence-electron chi connectivity index (χ3n) is 16.1. The average Bonchev–Trinajstić information content (AvgIpc) is 3.84. The van der Waals surface area contributed by atoms with Crippen molar-refractivity contribution >= 4 is 11.7 Å². The summed E-state index contributed by atoms with van der Waals surface area (Å²) in [6, 6.07) is 19.4. The summed E-state index contributed by atoms with van der Waals surface area (Å²) in [6.07, 6.45) is 12.9. The van der Waals surface area contributed by atoms with Crippen molar-refractivity contribution in [2.45, 2.75) is 125 Å². The molecule has 5 aromatic rings. The molecular formula is C53H61F4N9O5. The first-order chi connectivity index (χ1) is 34.5. The van der Waals surface area contributed by atoms with Crippen LogP contribution in [-0.2, 0) is 37.9 Å². The van der Waals surface area contributed by atoms with Crippen molar-refractivity contribution in [3.05, 3.63) is 119 Å². The number of hydrogen-bond acceptors (Lipinski definition) is 13. The van der Waals surface area contributed by atoms with Crippen LogP contribution in [-0.4, -0.2) is 129 Å². The second-order valence-corrected chi connectivity index (χ2v) is 20.3. The number of halogens is 4. The number of alkyl halides is 4. The fourth-order valence-electron chi connectivity index (χ4n) is 11.2. The lowest BCUT2D eigenvalue weighted by Crippen LogP contribution is -2.51. The standard InChI is InChI=1S/C27H32F2N4O3.C26H29F2N5O2/c28-25(29)26(35)32-15-23(34)20-13-30-24(31-14-20)12-27(7-2-8-27)21-4-1-3-19(11-21)18-5-9-33(10-6-18)22-16-36-17-22;27-23(28)25-32-31-24(35-25)19-13-29-22(30-14-19)12-26(7-2-8-26)20-4-1-3-18(11-20)17-5-9-33(10-6-17)21-15-34-16-21/h1,3-4,11,13-14,18,22,25H,2,5-10,12,15-17H2,(H,32,35);1,3-4,11,13-14,17,21,23H,2,5-10,12,15-16H2. The van der Waals surface area contributed by atoms with Gasteiger partial charge in [-0.25, -0.2) is 19.9 Å². The summed E-state index contributed by atoms with van der Waals surface area (Å²) >= 11 is 0. The van der Waals surface area contributed by atoms with Crippen LogP contribution in [0.4, 0.5) is 17.6 Å². The van der Waals surface area contributed by atoms with Crippen molar-refractivity contribution < 1.29 is 41.0 Å². The van der Waals surface area contributed by atoms with Crippen molar-refractivity contribution in [3.8, 4) is 11.5 Å². The largest absolute Gasteiger partial charge is 0.415 e. The van der Waals surface area contributed by atoms with Crippen molar-refractivity contribution in [1.82, 2.24) is 45.2 Å². The number of ketones is 1. The summed E-state index contributed by atoms with van der Waals surface area (Å²) in [4.78, 5) is 46.1. The Morgan fingerprint density at radius 3 is 1.54 bits per heavy atom. The molecule has 0 radical (unpaired) electrons. The number of amides is 1. The molecular weight excluding hydrogens is 919 g/mol. The van der Waals surface area contributed by atoms with Crippen LogP contribution in [0.15, 0.2) is 77.7 Å². The molecule has 7 heterocycles. The van der Waals surface area contributed by atoms with Crippen LogP contribution >= 0.6 is 0 Å². The minimum Gasteiger partial charge on any atom is -0.415 e. The van der Waals surface area contributed by atoms with Gasteiger partial charge in [0.05, 0.1) is 56.2 Å². The maximum Gasteiger partial charge on any atom is 0.315 e. The molecule has 11 rings (SSSR count). The van der Waals surface area contributed by atoms with Gasteiger partial charge in [0.25, 0.3) is 17.7 Å². The number of Topliss-reactive ketones (excluding diaryl/α,β-unsaturated/α-hetero) is 1. The lowest BCUT2D eigenvalue weighted by Gasteiger charge is -2.43. The van der Waals surface area contributed by atoms with E-state index < -0.39 is 37.0 Å². The second-order valence-electron chi connectivity index (χ2n) is 20.3. The highest BCUT2D eigenvalue weighted by molar-refractivity contribution is 5.99. The molecule has 2 aromatic carbocycles. The van der Waals surface area contributed by atoms with Gasteiger partial charge in [0.1, 0.15) is 11.6 Å². The number of benzene rings is 2. The highest BCUT2D eigenvalue weighted by Crippen LogP contribution is 2.48. The Kier molecular flexibility index (Phi) is 15.0. The number of carbonyl (C=O) groups is 2. The van der Waals surface area contributed by atoms with E-state index in [0.29, 0.717) is 41.7 Å². The van der Waals surface area contributed by atoms with Crippen LogP contribution in [0.3, 0.4) is 0 Å². The Hall–Kier alpha value is -5.56. The normalized spacial score (nSPS) is 20.8. The van der Waals surface area contributed by atoms with E-state index in [4.69, 9.17) is 13.9 Å². The first-order valence-corrected chi connectivity index (χ1v) is 25.2. The molecule has 4 saturated heterocycles. The van der Waals surface area contributed by atoms with Crippen LogP contribution in [0, 0.1) is 0 Å². The second kappa shape index (κ2) is 21.7. The molecule has 0 atom stereocenters. The number of rotatable bonds is 16. The third kappa shape index (κ3) is 11.1. The molecule has 6 fully saturated rings. The molecule has 3 aromatic heterocycles. The smallest absolute Gasteiger partial charge is 0.315 e. The molecule has 2 saturated carbocycles. The first-order valence-electron chi connectivity index (χ1n) is 25.2. The number of hydrogen-bond donors (Lipinski definition) is 1. The molecule has 14 nitrogen and oxygen atoms in total. The van der Waals surface area contributed by atoms with E-state index in [1.54, 1.807) is 12.4 Å². The minimum absolute atomic E-state index is 0.00323. The van der Waals surface area contributed by atoms with Gasteiger partial charge in [0, 0.05) is 48.5 Å². The van der Waals surface area contributed by atoms with Crippen molar-refractivity contribution in [2.24, 2.45) is 0 Å². The van der Waals surface area contributed by atoms with Gasteiger partial charge in [0.2, 0.25) is 0 Å². The van der Waals surface area contributed by atoms with Gasteiger partial charge in [-0.1, -0.05) is 61.4 Å². The van der Waals surface area contributed by atoms with Crippen molar-refractivity contribution in [2.75, 3.05) is 59.2 Å². The Morgan fingerprint density at radius 2 is 1.14 bits per heavy atom. The maximum atomic E-state index is 12.7. The van der Waals surface area contributed by atoms with E-state index in [0.717, 1.165) is 97.0 Å². The zero-order valence-corrected chi connectivity index (χ0v) is 39.9. The maximum absolute atomic E-state index is 12.7. The van der Waals surface area contributed by atoms with E-state index in [1.165, 1.54) is 66.8 Å². The number of nitrogens with zero attached hydrogens (tertiary/aromatic N) is 8. The van der Waals surface area contributed by atoms with E-state index in [-0.39, 0.29) is 22.3 Å². The van der Waals surface area contributed by atoms with Crippen LogP contribution in [0.5, 0.6) is 0 Å². The lowest BCUT2D eigenvalue weighted by molar-refractivity contribution is -0.131. The molecule has 4 aliphatic heterocycles. The molecule has 6 aliphatic rings. The highest BCUT2D eigenvalue weighted by Gasteiger charge is 2.42. The van der Waals surface area contributed by atoms with Gasteiger partial charge in [-0.3, -0.25) is 19.4 Å². The number of carbonyl (C=O) groups excluding carboxylic acids is 2. The van der Waals surface area contributed by atoms with E-state index in [2.05, 4.69) is 88.5 Å². The van der Waals surface area contributed by atoms with Gasteiger partial charge in [-0.2, -0.15) is 17.6 Å². The monoisotopic (exact) mass is 979 g/mol. The number of nitrogens with one attached hydrogen (secondary N) is 1. The average molecular weight is 980 g/mol. The number of likely N-dealkylation sites (tertiary alicyclic amines) is 2. The molecule has 2 aliphatic carbocycles. The molecule has 376 valence electrons. The summed E-state index contributed by atoms with van der Waals surface area (Å²) in [5.41, 5.74) is 6.25. The quantitative estimate of drug-likeness (QED) is 0.0749. The molecule has 0 unspecified atom stereocenters. The molecule has 0 bridgehead atoms. The minimum atomic E-state index is -3.15. The Balaban J connectivity index is 0.000000164. The van der Waals surface area contributed by atoms with Gasteiger partial charge >= 0.3 is 12.9 Å². The summed E-state index contributed by atoms with van der Waals surface area (Å²) in [7, 11) is 0. The van der Waals surface area contributed by atoms with Crippen molar-refractivity contribution in [1.29, 1.82) is 0 Å². The molecule has 71 heavy (non-hydrogen) atoms. The number of aromatic nitrogens is 6. The highest BCUT2D eigenvalue weighted by atomic mass is 19.3. The summed E-state index contributed by atoms with van der Waals surface area (Å²) in [6.45, 7) is 7.55. The van der Waals surface area contributed by atoms with E-state index >= 15 is 0 Å². The summed E-state index contributed by atoms with van der Waals surface area (Å²) < 4.78 is 65.8. The van der Waals surface area contributed by atoms with Gasteiger partial charge < -0.3 is 19.2 Å². The predicted octanol–water partition coefficient (Wildman–Crippen LogP) is 7.99. The van der Waals surface area contributed by atoms with Gasteiger partial charge in [0.15, 0.2) is 5.78 Å². The zero-order valence-electron chi connectivity index (χ0n) is 39.9. The molecule has 0 spiro atoms. The first kappa shape index (κ1) is 49.0. The Bertz CT molecular complexity index is 2590. The van der Waals surface area contributed by atoms with Crippen LogP contribution < -0.4 is 5.32 Å². The lowest BCUT2D eigenvalue weighted by atomic mass is 9.62. The Morgan fingerprint density at radius 1 is 0.662 bits per heavy atom. The van der Waals surface area contributed by atoms with Gasteiger partial charge in [-0.05, 0) is 112 Å². The van der Waals surface area contributed by atoms with Gasteiger partial charge in [-0.15, -0.1) is 10.2 Å². The van der Waals surface area contributed by atoms with E-state index in [1.807, 2.05) is 5.32 Å². The fourth-order valence-corrected chi connectivity index (χ4v) is 11.2. The fraction of sp³-hybridized carbons (Fsp3) is 0.547. The number of ether oxygens (including phenoxy) is 2. The SMILES string of the molecule is FC(F)c1nnc(-c2cnc(CC3(c4cccc(C5CCN(C6COC6)CC5)c4)CCC3)nc2)o1.O=C(CNC(=O)C(F)F)c1cnc(CC2(c3cccc(C4CCN(C5COC5)CC4)c3)CCC2)nc1. The Labute approximate surface area is 410 Å². The third-order valence-corrected chi connectivity index (χ3v) is 16.1. The van der Waals surface area contributed by atoms with Crippen LogP contribution in [0.2, 0.25) is 0 Å². The van der Waals surface area contributed by atoms with E-state index in [9.17, 15) is 27.2 Å². The predicted molar refractivity (Wildman–Crippen MR) is 253 cm³/mol. The molecule has 18 heteroatoms. The molecule has 1 N–H and O–H groups in total. The van der Waals surface area contributed by atoms with Crippen molar-refractivity contribution in [3.63, 3.8) is 0 Å². The number of piperidine rings is 2. The molecule has 1 amide bonds. The topological polar surface area (TPSA) is 162 Å². The summed E-state index contributed by atoms with van der Waals surface area (Å²) in [5, 5.41) is 8.97.